The molecule has 0 bridgehead atoms. The molecule has 1 N–H and O–H groups in total. The van der Waals surface area contributed by atoms with E-state index in [4.69, 9.17) is 0 Å². The number of fused-ring (bicyclic) bond motifs is 1. The number of pyridine rings is 1. The van der Waals surface area contributed by atoms with E-state index in [1.54, 1.807) is 16.8 Å². The van der Waals surface area contributed by atoms with Gasteiger partial charge in [0.05, 0.1) is 22.5 Å². The molecular weight excluding hydrogens is 350 g/mol. The van der Waals surface area contributed by atoms with Crippen molar-refractivity contribution >= 4 is 16.8 Å². The molecule has 2 heterocycles. The first-order chi connectivity index (χ1) is 13.4. The number of amides is 1. The van der Waals surface area contributed by atoms with Crippen molar-refractivity contribution in [2.75, 3.05) is 6.54 Å². The van der Waals surface area contributed by atoms with Gasteiger partial charge >= 0.3 is 0 Å². The zero-order valence-electron chi connectivity index (χ0n) is 16.8. The number of hydrogen-bond donors (Lipinski definition) is 1. The lowest BCUT2D eigenvalue weighted by atomic mass is 9.99. The number of nitriles is 1. The van der Waals surface area contributed by atoms with Crippen molar-refractivity contribution < 1.29 is 4.79 Å². The van der Waals surface area contributed by atoms with Gasteiger partial charge in [-0.25, -0.2) is 4.98 Å². The molecule has 0 fully saturated rings. The summed E-state index contributed by atoms with van der Waals surface area (Å²) < 4.78 is 1.79. The molecule has 0 atom stereocenters. The van der Waals surface area contributed by atoms with Crippen LogP contribution >= 0.6 is 0 Å². The summed E-state index contributed by atoms with van der Waals surface area (Å²) in [4.78, 5) is 17.3. The smallest absolute Gasteiger partial charge is 0.269 e. The Labute approximate surface area is 165 Å². The molecule has 0 radical (unpaired) electrons. The van der Waals surface area contributed by atoms with Crippen LogP contribution in [-0.2, 0) is 7.05 Å². The number of unbranched alkanes of at least 4 members (excludes halogenated alkanes) is 2. The minimum absolute atomic E-state index is 0.220. The first-order valence-electron chi connectivity index (χ1n) is 9.59. The molecule has 2 aromatic heterocycles. The largest absolute Gasteiger partial charge is 0.351 e. The Balaban J connectivity index is 2.16. The number of aryl methyl sites for hydroxylation is 3. The van der Waals surface area contributed by atoms with Gasteiger partial charge in [-0.3, -0.25) is 9.48 Å². The molecule has 0 aliphatic heterocycles. The van der Waals surface area contributed by atoms with Crippen LogP contribution in [0.4, 0.5) is 0 Å². The number of rotatable bonds is 6. The van der Waals surface area contributed by atoms with Gasteiger partial charge in [0, 0.05) is 24.5 Å². The maximum Gasteiger partial charge on any atom is 0.269 e. The number of nitrogens with zero attached hydrogens (tertiary/aromatic N) is 4. The molecule has 6 heteroatoms. The third-order valence-electron chi connectivity index (χ3n) is 4.75. The van der Waals surface area contributed by atoms with Crippen LogP contribution in [0.2, 0.25) is 0 Å². The Bertz CT molecular complexity index is 1070. The van der Waals surface area contributed by atoms with E-state index >= 15 is 0 Å². The van der Waals surface area contributed by atoms with Crippen molar-refractivity contribution in [2.24, 2.45) is 7.05 Å². The fourth-order valence-corrected chi connectivity index (χ4v) is 3.42. The Kier molecular flexibility index (Phi) is 5.74. The van der Waals surface area contributed by atoms with Crippen molar-refractivity contribution in [3.05, 3.63) is 46.8 Å². The first kappa shape index (κ1) is 19.6. The van der Waals surface area contributed by atoms with Crippen LogP contribution < -0.4 is 5.32 Å². The van der Waals surface area contributed by atoms with E-state index in [0.717, 1.165) is 47.2 Å². The van der Waals surface area contributed by atoms with Crippen molar-refractivity contribution in [1.82, 2.24) is 20.1 Å². The maximum atomic E-state index is 12.7. The van der Waals surface area contributed by atoms with Gasteiger partial charge in [0.1, 0.15) is 11.8 Å². The molecule has 0 unspecified atom stereocenters. The number of hydrogen-bond acceptors (Lipinski definition) is 4. The van der Waals surface area contributed by atoms with Crippen LogP contribution in [0.5, 0.6) is 0 Å². The van der Waals surface area contributed by atoms with Gasteiger partial charge in [0.15, 0.2) is 0 Å². The molecule has 28 heavy (non-hydrogen) atoms. The lowest BCUT2D eigenvalue weighted by Gasteiger charge is -2.12. The summed E-state index contributed by atoms with van der Waals surface area (Å²) in [5, 5.41) is 17.8. The normalized spacial score (nSPS) is 10.8. The zero-order valence-corrected chi connectivity index (χ0v) is 16.8. The Morgan fingerprint density at radius 1 is 1.21 bits per heavy atom. The minimum Gasteiger partial charge on any atom is -0.351 e. The molecule has 0 saturated heterocycles. The highest BCUT2D eigenvalue weighted by Crippen LogP contribution is 2.31. The molecule has 3 aromatic rings. The van der Waals surface area contributed by atoms with E-state index in [1.165, 1.54) is 0 Å². The second-order valence-corrected chi connectivity index (χ2v) is 7.13. The fourth-order valence-electron chi connectivity index (χ4n) is 3.42. The second kappa shape index (κ2) is 8.22. The zero-order chi connectivity index (χ0) is 20.3. The average Bonchev–Trinajstić information content (AvgIpc) is 3.01. The summed E-state index contributed by atoms with van der Waals surface area (Å²) in [6.45, 7) is 6.62. The Morgan fingerprint density at radius 2 is 2.00 bits per heavy atom. The van der Waals surface area contributed by atoms with Gasteiger partial charge < -0.3 is 5.32 Å². The molecule has 144 valence electrons. The van der Waals surface area contributed by atoms with Crippen LogP contribution in [0.25, 0.3) is 22.2 Å². The second-order valence-electron chi connectivity index (χ2n) is 7.13. The summed E-state index contributed by atoms with van der Waals surface area (Å²) in [5.41, 5.74) is 4.94. The number of aromatic nitrogens is 3. The molecule has 0 saturated carbocycles. The molecular formula is C22H25N5O. The fraction of sp³-hybridized carbons (Fsp3) is 0.364. The first-order valence-corrected chi connectivity index (χ1v) is 9.59. The van der Waals surface area contributed by atoms with E-state index in [2.05, 4.69) is 28.4 Å². The average molecular weight is 375 g/mol. The maximum absolute atomic E-state index is 12.7. The highest BCUT2D eigenvalue weighted by Gasteiger charge is 2.18. The van der Waals surface area contributed by atoms with Gasteiger partial charge in [-0.2, -0.15) is 10.4 Å². The van der Waals surface area contributed by atoms with E-state index in [0.29, 0.717) is 23.3 Å². The topological polar surface area (TPSA) is 83.6 Å². The third-order valence-corrected chi connectivity index (χ3v) is 4.75. The van der Waals surface area contributed by atoms with E-state index < -0.39 is 0 Å². The Hall–Kier alpha value is -3.20. The van der Waals surface area contributed by atoms with Gasteiger partial charge in [0.2, 0.25) is 0 Å². The van der Waals surface area contributed by atoms with Crippen molar-refractivity contribution in [1.29, 1.82) is 5.26 Å². The summed E-state index contributed by atoms with van der Waals surface area (Å²) in [6.07, 6.45) is 3.11. The molecule has 0 aliphatic rings. The molecule has 0 spiro atoms. The number of nitrogens with one attached hydrogen (secondary N) is 1. The number of benzene rings is 1. The SMILES string of the molecule is CCCCCNC(=O)c1cc(-c2cc(C)nn2C)c2cc(C)cc(C#N)c2n1. The molecule has 6 nitrogen and oxygen atoms in total. The van der Waals surface area contributed by atoms with E-state index in [1.807, 2.05) is 33.0 Å². The van der Waals surface area contributed by atoms with Crippen molar-refractivity contribution in [2.45, 2.75) is 40.0 Å². The lowest BCUT2D eigenvalue weighted by molar-refractivity contribution is 0.0948. The number of carbonyl (C=O) groups excluding carboxylic acids is 1. The van der Waals surface area contributed by atoms with Gasteiger partial charge in [0.25, 0.3) is 5.91 Å². The molecule has 3 rings (SSSR count). The van der Waals surface area contributed by atoms with Crippen LogP contribution in [0, 0.1) is 25.2 Å². The monoisotopic (exact) mass is 375 g/mol. The van der Waals surface area contributed by atoms with Crippen LogP contribution in [0.1, 0.15) is 53.5 Å². The summed E-state index contributed by atoms with van der Waals surface area (Å²) in [5.74, 6) is -0.220. The highest BCUT2D eigenvalue weighted by molar-refractivity contribution is 6.02. The van der Waals surface area contributed by atoms with Crippen LogP contribution in [-0.4, -0.2) is 27.2 Å². The predicted octanol–water partition coefficient (Wildman–Crippen LogP) is 4.04. The minimum atomic E-state index is -0.220. The highest BCUT2D eigenvalue weighted by atomic mass is 16.1. The molecule has 1 aromatic carbocycles. The van der Waals surface area contributed by atoms with Gasteiger partial charge in [-0.15, -0.1) is 0 Å². The van der Waals surface area contributed by atoms with E-state index in [9.17, 15) is 10.1 Å². The van der Waals surface area contributed by atoms with Crippen LogP contribution in [0.3, 0.4) is 0 Å². The summed E-state index contributed by atoms with van der Waals surface area (Å²) in [6, 6.07) is 9.80. The number of carbonyl (C=O) groups is 1. The standard InChI is InChI=1S/C22H25N5O/c1-5-6-7-8-24-22(28)19-12-17(20-11-15(3)26-27(20)4)18-10-14(2)9-16(13-23)21(18)25-19/h9-12H,5-8H2,1-4H3,(H,24,28). The molecule has 0 aliphatic carbocycles. The summed E-state index contributed by atoms with van der Waals surface area (Å²) in [7, 11) is 1.88. The lowest BCUT2D eigenvalue weighted by Crippen LogP contribution is -2.25. The quantitative estimate of drug-likeness (QED) is 0.659. The predicted molar refractivity (Wildman–Crippen MR) is 110 cm³/mol. The Morgan fingerprint density at radius 3 is 2.64 bits per heavy atom. The van der Waals surface area contributed by atoms with Gasteiger partial charge in [-0.1, -0.05) is 19.8 Å². The third kappa shape index (κ3) is 3.89. The van der Waals surface area contributed by atoms with Crippen molar-refractivity contribution in [3.63, 3.8) is 0 Å². The van der Waals surface area contributed by atoms with Crippen LogP contribution in [0.15, 0.2) is 24.3 Å². The molecule has 1 amide bonds. The van der Waals surface area contributed by atoms with Crippen molar-refractivity contribution in [3.8, 4) is 17.3 Å². The van der Waals surface area contributed by atoms with Gasteiger partial charge in [-0.05, 0) is 50.1 Å². The summed E-state index contributed by atoms with van der Waals surface area (Å²) >= 11 is 0. The van der Waals surface area contributed by atoms with E-state index in [-0.39, 0.29) is 5.91 Å².